The summed E-state index contributed by atoms with van der Waals surface area (Å²) in [7, 11) is 0. The van der Waals surface area contributed by atoms with Crippen LogP contribution in [0.25, 0.3) is 0 Å². The zero-order chi connectivity index (χ0) is 17.5. The van der Waals surface area contributed by atoms with E-state index in [-0.39, 0.29) is 11.7 Å². The number of carbonyl (C=O) groups excluding carboxylic acids is 1. The highest BCUT2D eigenvalue weighted by Crippen LogP contribution is 2.25. The van der Waals surface area contributed by atoms with E-state index in [4.69, 9.17) is 4.74 Å². The molecule has 0 saturated heterocycles. The zero-order valence-electron chi connectivity index (χ0n) is 14.0. The Balaban J connectivity index is 1.40. The van der Waals surface area contributed by atoms with Crippen LogP contribution in [0.5, 0.6) is 5.75 Å². The van der Waals surface area contributed by atoms with Gasteiger partial charge in [-0.25, -0.2) is 4.39 Å². The van der Waals surface area contributed by atoms with Crippen molar-refractivity contribution < 1.29 is 13.9 Å². The second-order valence-electron chi connectivity index (χ2n) is 6.22. The molecule has 2 aromatic rings. The van der Waals surface area contributed by atoms with Crippen LogP contribution >= 0.6 is 11.8 Å². The lowest BCUT2D eigenvalue weighted by atomic mass is 10.2. The average molecular weight is 359 g/mol. The maximum absolute atomic E-state index is 12.8. The number of nitrogens with one attached hydrogen (secondary N) is 1. The second kappa shape index (κ2) is 8.90. The quantitative estimate of drug-likeness (QED) is 0.754. The van der Waals surface area contributed by atoms with E-state index in [2.05, 4.69) is 5.32 Å². The molecule has 1 aliphatic rings. The lowest BCUT2D eigenvalue weighted by Crippen LogP contribution is -2.14. The molecular formula is C20H22FNO2S. The number of rotatable bonds is 7. The molecule has 0 unspecified atom stereocenters. The molecule has 0 heterocycles. The summed E-state index contributed by atoms with van der Waals surface area (Å²) in [5.41, 5.74) is 1.78. The number of thioether (sulfide) groups is 1. The first-order chi connectivity index (χ1) is 12.2. The summed E-state index contributed by atoms with van der Waals surface area (Å²) in [5.74, 6) is 1.61. The molecule has 132 valence electrons. The molecular weight excluding hydrogens is 337 g/mol. The summed E-state index contributed by atoms with van der Waals surface area (Å²) in [4.78, 5) is 12.0. The van der Waals surface area contributed by atoms with Gasteiger partial charge >= 0.3 is 0 Å². The van der Waals surface area contributed by atoms with Crippen molar-refractivity contribution in [1.82, 2.24) is 0 Å². The molecule has 3 rings (SSSR count). The SMILES string of the molecule is O=C(CSCc1ccc(F)cc1)Nc1ccc(OC2CCCC2)cc1. The first kappa shape index (κ1) is 17.8. The second-order valence-corrected chi connectivity index (χ2v) is 7.20. The van der Waals surface area contributed by atoms with Crippen molar-refractivity contribution in [3.8, 4) is 5.75 Å². The fraction of sp³-hybridized carbons (Fsp3) is 0.350. The highest BCUT2D eigenvalue weighted by atomic mass is 32.2. The summed E-state index contributed by atoms with van der Waals surface area (Å²) in [6.45, 7) is 0. The molecule has 0 atom stereocenters. The molecule has 1 aliphatic carbocycles. The van der Waals surface area contributed by atoms with Crippen LogP contribution in [0.4, 0.5) is 10.1 Å². The van der Waals surface area contributed by atoms with Gasteiger partial charge in [0.1, 0.15) is 11.6 Å². The summed E-state index contributed by atoms with van der Waals surface area (Å²) in [6, 6.07) is 13.9. The molecule has 2 aromatic carbocycles. The van der Waals surface area contributed by atoms with E-state index in [1.165, 1.54) is 36.7 Å². The van der Waals surface area contributed by atoms with Crippen LogP contribution < -0.4 is 10.1 Å². The van der Waals surface area contributed by atoms with Gasteiger partial charge in [-0.2, -0.15) is 0 Å². The van der Waals surface area contributed by atoms with Gasteiger partial charge in [-0.15, -0.1) is 11.8 Å². The Morgan fingerprint density at radius 1 is 1.08 bits per heavy atom. The number of benzene rings is 2. The van der Waals surface area contributed by atoms with Crippen LogP contribution in [0.3, 0.4) is 0 Å². The molecule has 0 radical (unpaired) electrons. The van der Waals surface area contributed by atoms with Crippen LogP contribution in [-0.4, -0.2) is 17.8 Å². The summed E-state index contributed by atoms with van der Waals surface area (Å²) < 4.78 is 18.8. The van der Waals surface area contributed by atoms with Crippen molar-refractivity contribution in [1.29, 1.82) is 0 Å². The number of hydrogen-bond donors (Lipinski definition) is 1. The number of carbonyl (C=O) groups is 1. The molecule has 5 heteroatoms. The normalized spacial score (nSPS) is 14.4. The van der Waals surface area contributed by atoms with Crippen molar-refractivity contribution in [2.24, 2.45) is 0 Å². The Kier molecular flexibility index (Phi) is 6.34. The lowest BCUT2D eigenvalue weighted by Gasteiger charge is -2.13. The monoisotopic (exact) mass is 359 g/mol. The molecule has 0 bridgehead atoms. The Bertz CT molecular complexity index is 682. The molecule has 0 aliphatic heterocycles. The zero-order valence-corrected chi connectivity index (χ0v) is 14.9. The average Bonchev–Trinajstić information content (AvgIpc) is 3.11. The predicted octanol–water partition coefficient (Wildman–Crippen LogP) is 5.02. The maximum atomic E-state index is 12.8. The van der Waals surface area contributed by atoms with Gasteiger partial charge in [0.05, 0.1) is 11.9 Å². The van der Waals surface area contributed by atoms with E-state index in [9.17, 15) is 9.18 Å². The minimum Gasteiger partial charge on any atom is -0.490 e. The van der Waals surface area contributed by atoms with Gasteiger partial charge in [0.2, 0.25) is 5.91 Å². The Morgan fingerprint density at radius 2 is 1.76 bits per heavy atom. The highest BCUT2D eigenvalue weighted by molar-refractivity contribution is 7.99. The molecule has 0 aromatic heterocycles. The fourth-order valence-corrected chi connectivity index (χ4v) is 3.64. The van der Waals surface area contributed by atoms with Crippen molar-refractivity contribution in [2.45, 2.75) is 37.5 Å². The largest absolute Gasteiger partial charge is 0.490 e. The highest BCUT2D eigenvalue weighted by Gasteiger charge is 2.16. The molecule has 1 amide bonds. The predicted molar refractivity (Wildman–Crippen MR) is 101 cm³/mol. The van der Waals surface area contributed by atoms with Crippen LogP contribution in [-0.2, 0) is 10.5 Å². The maximum Gasteiger partial charge on any atom is 0.234 e. The van der Waals surface area contributed by atoms with E-state index in [0.29, 0.717) is 17.6 Å². The molecule has 0 spiro atoms. The topological polar surface area (TPSA) is 38.3 Å². The Hall–Kier alpha value is -2.01. The number of ether oxygens (including phenoxy) is 1. The Labute approximate surface area is 152 Å². The minimum absolute atomic E-state index is 0.0448. The van der Waals surface area contributed by atoms with E-state index >= 15 is 0 Å². The third-order valence-electron chi connectivity index (χ3n) is 4.16. The number of hydrogen-bond acceptors (Lipinski definition) is 3. The van der Waals surface area contributed by atoms with Crippen LogP contribution in [0, 0.1) is 5.82 Å². The third kappa shape index (κ3) is 5.78. The first-order valence-electron chi connectivity index (χ1n) is 8.58. The van der Waals surface area contributed by atoms with E-state index in [1.807, 2.05) is 24.3 Å². The third-order valence-corrected chi connectivity index (χ3v) is 5.16. The number of halogens is 1. The van der Waals surface area contributed by atoms with Crippen molar-refractivity contribution in [2.75, 3.05) is 11.1 Å². The Morgan fingerprint density at radius 3 is 2.44 bits per heavy atom. The van der Waals surface area contributed by atoms with Gasteiger partial charge in [0.15, 0.2) is 0 Å². The molecule has 1 fully saturated rings. The van der Waals surface area contributed by atoms with Gasteiger partial charge in [-0.05, 0) is 67.6 Å². The molecule has 3 nitrogen and oxygen atoms in total. The smallest absolute Gasteiger partial charge is 0.234 e. The van der Waals surface area contributed by atoms with Crippen LogP contribution in [0.15, 0.2) is 48.5 Å². The van der Waals surface area contributed by atoms with Gasteiger partial charge in [0, 0.05) is 11.4 Å². The van der Waals surface area contributed by atoms with Gasteiger partial charge < -0.3 is 10.1 Å². The standard InChI is InChI=1S/C20H22FNO2S/c21-16-7-5-15(6-8-16)13-25-14-20(23)22-17-9-11-19(12-10-17)24-18-3-1-2-4-18/h5-12,18H,1-4,13-14H2,(H,22,23). The van der Waals surface area contributed by atoms with Gasteiger partial charge in [-0.3, -0.25) is 4.79 Å². The fourth-order valence-electron chi connectivity index (χ4n) is 2.85. The van der Waals surface area contributed by atoms with E-state index in [1.54, 1.807) is 12.1 Å². The van der Waals surface area contributed by atoms with Crippen molar-refractivity contribution >= 4 is 23.4 Å². The number of anilines is 1. The van der Waals surface area contributed by atoms with Crippen molar-refractivity contribution in [3.05, 3.63) is 59.9 Å². The summed E-state index contributed by atoms with van der Waals surface area (Å²) in [6.07, 6.45) is 5.08. The van der Waals surface area contributed by atoms with Gasteiger partial charge in [-0.1, -0.05) is 12.1 Å². The summed E-state index contributed by atoms with van der Waals surface area (Å²) >= 11 is 1.50. The molecule has 1 saturated carbocycles. The first-order valence-corrected chi connectivity index (χ1v) is 9.73. The van der Waals surface area contributed by atoms with Crippen LogP contribution in [0.1, 0.15) is 31.2 Å². The molecule has 1 N–H and O–H groups in total. The summed E-state index contributed by atoms with van der Waals surface area (Å²) in [5, 5.41) is 2.88. The number of amides is 1. The van der Waals surface area contributed by atoms with Crippen LogP contribution in [0.2, 0.25) is 0 Å². The molecule has 25 heavy (non-hydrogen) atoms. The van der Waals surface area contributed by atoms with Crippen molar-refractivity contribution in [3.63, 3.8) is 0 Å². The minimum atomic E-state index is -0.244. The van der Waals surface area contributed by atoms with Gasteiger partial charge in [0.25, 0.3) is 0 Å². The lowest BCUT2D eigenvalue weighted by molar-refractivity contribution is -0.113. The van der Waals surface area contributed by atoms with E-state index < -0.39 is 0 Å². The van der Waals surface area contributed by atoms with E-state index in [0.717, 1.165) is 29.8 Å².